The van der Waals surface area contributed by atoms with Crippen LogP contribution in [0.15, 0.2) is 24.3 Å². The molecule has 0 heterocycles. The number of rotatable bonds is 4. The lowest BCUT2D eigenvalue weighted by molar-refractivity contribution is 0.372. The molecular weight excluding hydrogens is 174 g/mol. The molecule has 0 spiro atoms. The van der Waals surface area contributed by atoms with E-state index >= 15 is 0 Å². The Bertz CT molecular complexity index is 334. The molecule has 0 aliphatic carbocycles. The van der Waals surface area contributed by atoms with Crippen LogP contribution in [0.2, 0.25) is 0 Å². The number of benzene rings is 1. The van der Waals surface area contributed by atoms with Crippen molar-refractivity contribution in [1.82, 2.24) is 0 Å². The average molecular weight is 185 g/mol. The minimum Gasteiger partial charge on any atom is -0.479 e. The highest BCUT2D eigenvalue weighted by atomic mass is 16.5. The summed E-state index contributed by atoms with van der Waals surface area (Å²) in [4.78, 5) is 0. The zero-order chi connectivity index (χ0) is 10.2. The molecule has 1 N–H and O–H groups in total. The van der Waals surface area contributed by atoms with Crippen LogP contribution in [0.25, 0.3) is 0 Å². The first-order valence-electron chi connectivity index (χ1n) is 4.21. The summed E-state index contributed by atoms with van der Waals surface area (Å²) in [7, 11) is 0. The van der Waals surface area contributed by atoms with Gasteiger partial charge in [0.05, 0.1) is 12.2 Å². The van der Waals surface area contributed by atoms with Crippen molar-refractivity contribution in [1.29, 1.82) is 0 Å². The van der Waals surface area contributed by atoms with Gasteiger partial charge in [0, 0.05) is 0 Å². The van der Waals surface area contributed by atoms with Gasteiger partial charge in [0.2, 0.25) is 0 Å². The minimum absolute atomic E-state index is 0.259. The highest BCUT2D eigenvalue weighted by Gasteiger charge is 1.99. The first-order chi connectivity index (χ1) is 6.88. The first kappa shape index (κ1) is 10.0. The van der Waals surface area contributed by atoms with E-state index in [9.17, 15) is 0 Å². The molecule has 0 amide bonds. The fourth-order valence-corrected chi connectivity index (χ4v) is 1.00. The summed E-state index contributed by atoms with van der Waals surface area (Å²) in [5, 5.41) is 3.04. The molecule has 70 valence electrons. The van der Waals surface area contributed by atoms with Gasteiger partial charge >= 0.3 is 0 Å². The molecule has 1 rings (SSSR count). The van der Waals surface area contributed by atoms with Gasteiger partial charge < -0.3 is 10.1 Å². The monoisotopic (exact) mass is 185 g/mol. The predicted octanol–water partition coefficient (Wildman–Crippen LogP) is 1.74. The molecule has 0 radical (unpaired) electrons. The average Bonchev–Trinajstić information content (AvgIpc) is 2.24. The van der Waals surface area contributed by atoms with Gasteiger partial charge in [-0.15, -0.1) is 12.8 Å². The molecule has 0 aliphatic heterocycles. The summed E-state index contributed by atoms with van der Waals surface area (Å²) in [5.74, 6) is 5.62. The van der Waals surface area contributed by atoms with Crippen molar-refractivity contribution in [3.05, 3.63) is 24.3 Å². The van der Waals surface area contributed by atoms with Gasteiger partial charge in [-0.3, -0.25) is 0 Å². The number of hydrogen-bond donors (Lipinski definition) is 1. The maximum Gasteiger partial charge on any atom is 0.148 e. The Morgan fingerprint density at radius 3 is 2.71 bits per heavy atom. The second kappa shape index (κ2) is 5.56. The number of nitrogens with one attached hydrogen (secondary N) is 1. The van der Waals surface area contributed by atoms with E-state index in [0.717, 1.165) is 11.4 Å². The Hall–Kier alpha value is -2.06. The fourth-order valence-electron chi connectivity index (χ4n) is 1.00. The van der Waals surface area contributed by atoms with Crippen LogP contribution >= 0.6 is 0 Å². The third kappa shape index (κ3) is 2.77. The van der Waals surface area contributed by atoms with Crippen molar-refractivity contribution >= 4 is 5.69 Å². The maximum atomic E-state index is 5.32. The Balaban J connectivity index is 2.71. The predicted molar refractivity (Wildman–Crippen MR) is 58.1 cm³/mol. The zero-order valence-corrected chi connectivity index (χ0v) is 7.79. The summed E-state index contributed by atoms with van der Waals surface area (Å²) >= 11 is 0. The molecule has 2 nitrogen and oxygen atoms in total. The van der Waals surface area contributed by atoms with Gasteiger partial charge in [-0.25, -0.2) is 0 Å². The zero-order valence-electron chi connectivity index (χ0n) is 7.79. The van der Waals surface area contributed by atoms with E-state index in [-0.39, 0.29) is 6.61 Å². The topological polar surface area (TPSA) is 21.3 Å². The van der Waals surface area contributed by atoms with E-state index in [0.29, 0.717) is 6.54 Å². The maximum absolute atomic E-state index is 5.32. The normalized spacial score (nSPS) is 8.43. The molecule has 14 heavy (non-hydrogen) atoms. The number of anilines is 1. The lowest BCUT2D eigenvalue weighted by atomic mass is 10.3. The van der Waals surface area contributed by atoms with Gasteiger partial charge in [-0.05, 0) is 12.1 Å². The number of hydrogen-bond acceptors (Lipinski definition) is 2. The summed E-state index contributed by atoms with van der Waals surface area (Å²) in [5.41, 5.74) is 0.862. The second-order valence-electron chi connectivity index (χ2n) is 2.55. The van der Waals surface area contributed by atoms with Crippen LogP contribution in [-0.2, 0) is 0 Å². The Labute approximate surface area is 84.3 Å². The van der Waals surface area contributed by atoms with Crippen molar-refractivity contribution in [2.45, 2.75) is 0 Å². The smallest absolute Gasteiger partial charge is 0.148 e. The van der Waals surface area contributed by atoms with Gasteiger partial charge in [0.15, 0.2) is 0 Å². The van der Waals surface area contributed by atoms with Gasteiger partial charge in [0.1, 0.15) is 12.4 Å². The Morgan fingerprint density at radius 2 is 2.00 bits per heavy atom. The Morgan fingerprint density at radius 1 is 1.21 bits per heavy atom. The molecule has 1 aromatic carbocycles. The number of para-hydroxylation sites is 2. The summed E-state index contributed by atoms with van der Waals surface area (Å²) < 4.78 is 5.32. The van der Waals surface area contributed by atoms with E-state index in [2.05, 4.69) is 17.2 Å². The molecule has 0 saturated heterocycles. The Kier molecular flexibility index (Phi) is 3.98. The van der Waals surface area contributed by atoms with E-state index in [4.69, 9.17) is 17.6 Å². The van der Waals surface area contributed by atoms with E-state index < -0.39 is 0 Å². The summed E-state index contributed by atoms with van der Waals surface area (Å²) in [6, 6.07) is 7.52. The lowest BCUT2D eigenvalue weighted by Gasteiger charge is -2.09. The molecular formula is C12H11NO. The van der Waals surface area contributed by atoms with Crippen LogP contribution in [0.4, 0.5) is 5.69 Å². The van der Waals surface area contributed by atoms with E-state index in [1.54, 1.807) is 0 Å². The van der Waals surface area contributed by atoms with Gasteiger partial charge in [0.25, 0.3) is 0 Å². The van der Waals surface area contributed by atoms with Crippen molar-refractivity contribution < 1.29 is 4.74 Å². The number of terminal acetylenes is 2. The minimum atomic E-state index is 0.259. The largest absolute Gasteiger partial charge is 0.479 e. The quantitative estimate of drug-likeness (QED) is 0.721. The molecule has 0 aromatic heterocycles. The highest BCUT2D eigenvalue weighted by molar-refractivity contribution is 5.56. The van der Waals surface area contributed by atoms with Crippen LogP contribution in [0.1, 0.15) is 0 Å². The molecule has 0 atom stereocenters. The van der Waals surface area contributed by atoms with Crippen LogP contribution in [0.5, 0.6) is 5.75 Å². The van der Waals surface area contributed by atoms with Gasteiger partial charge in [-0.2, -0.15) is 0 Å². The summed E-state index contributed by atoms with van der Waals surface area (Å²) in [6.45, 7) is 0.727. The van der Waals surface area contributed by atoms with E-state index in [1.807, 2.05) is 24.3 Å². The third-order valence-corrected chi connectivity index (χ3v) is 1.58. The molecule has 0 bridgehead atoms. The molecule has 1 aromatic rings. The molecule has 0 saturated carbocycles. The molecule has 0 unspecified atom stereocenters. The SMILES string of the molecule is C#CCNc1ccccc1OCC#C. The van der Waals surface area contributed by atoms with E-state index in [1.165, 1.54) is 0 Å². The van der Waals surface area contributed by atoms with Crippen molar-refractivity contribution in [2.24, 2.45) is 0 Å². The molecule has 0 fully saturated rings. The van der Waals surface area contributed by atoms with Crippen molar-refractivity contribution in [3.8, 4) is 30.4 Å². The molecule has 0 aliphatic rings. The van der Waals surface area contributed by atoms with Crippen LogP contribution < -0.4 is 10.1 Å². The lowest BCUT2D eigenvalue weighted by Crippen LogP contribution is -2.02. The second-order valence-corrected chi connectivity index (χ2v) is 2.55. The fraction of sp³-hybridized carbons (Fsp3) is 0.167. The number of ether oxygens (including phenoxy) is 1. The van der Waals surface area contributed by atoms with Crippen LogP contribution in [-0.4, -0.2) is 13.2 Å². The molecule has 2 heteroatoms. The van der Waals surface area contributed by atoms with Gasteiger partial charge in [-0.1, -0.05) is 24.0 Å². The van der Waals surface area contributed by atoms with Crippen molar-refractivity contribution in [2.75, 3.05) is 18.5 Å². The standard InChI is InChI=1S/C12H11NO/c1-3-9-13-11-7-5-6-8-12(11)14-10-4-2/h1-2,5-8,13H,9-10H2. The van der Waals surface area contributed by atoms with Crippen LogP contribution in [0.3, 0.4) is 0 Å². The third-order valence-electron chi connectivity index (χ3n) is 1.58. The van der Waals surface area contributed by atoms with Crippen molar-refractivity contribution in [3.63, 3.8) is 0 Å². The summed E-state index contributed by atoms with van der Waals surface area (Å²) in [6.07, 6.45) is 10.2. The van der Waals surface area contributed by atoms with Crippen LogP contribution in [0, 0.1) is 24.7 Å². The first-order valence-corrected chi connectivity index (χ1v) is 4.21. The highest BCUT2D eigenvalue weighted by Crippen LogP contribution is 2.22.